The highest BCUT2D eigenvalue weighted by molar-refractivity contribution is 9.08. The van der Waals surface area contributed by atoms with Gasteiger partial charge in [0.2, 0.25) is 0 Å². The van der Waals surface area contributed by atoms with Crippen LogP contribution in [-0.4, -0.2) is 22.4 Å². The van der Waals surface area contributed by atoms with Crippen molar-refractivity contribution in [3.05, 3.63) is 40.3 Å². The summed E-state index contributed by atoms with van der Waals surface area (Å²) in [7, 11) is 0. The fraction of sp³-hybridized carbons (Fsp3) is 0.357. The van der Waals surface area contributed by atoms with Crippen LogP contribution in [0.4, 0.5) is 0 Å². The Labute approximate surface area is 124 Å². The van der Waals surface area contributed by atoms with E-state index >= 15 is 0 Å². The second kappa shape index (κ2) is 6.65. The first kappa shape index (κ1) is 14.7. The van der Waals surface area contributed by atoms with Gasteiger partial charge in [-0.2, -0.15) is 5.10 Å². The lowest BCUT2D eigenvalue weighted by Gasteiger charge is -2.09. The zero-order valence-electron chi connectivity index (χ0n) is 11.1. The van der Waals surface area contributed by atoms with Gasteiger partial charge in [-0.25, -0.2) is 4.68 Å². The van der Waals surface area contributed by atoms with E-state index in [1.165, 1.54) is 4.68 Å². The number of hydrogen-bond donors (Lipinski definition) is 0. The molecule has 0 bridgehead atoms. The van der Waals surface area contributed by atoms with E-state index in [0.717, 1.165) is 11.1 Å². The van der Waals surface area contributed by atoms with Gasteiger partial charge in [-0.1, -0.05) is 41.1 Å². The number of nitrogens with zero attached hydrogens (tertiary/aromatic N) is 2. The molecule has 20 heavy (non-hydrogen) atoms. The van der Waals surface area contributed by atoms with E-state index in [1.54, 1.807) is 13.0 Å². The monoisotopic (exact) mass is 338 g/mol. The van der Waals surface area contributed by atoms with Crippen molar-refractivity contribution in [2.24, 2.45) is 0 Å². The average Bonchev–Trinajstić information content (AvgIpc) is 2.49. The van der Waals surface area contributed by atoms with Crippen LogP contribution < -0.4 is 5.56 Å². The van der Waals surface area contributed by atoms with Crippen LogP contribution in [0.15, 0.2) is 29.1 Å². The fourth-order valence-corrected chi connectivity index (χ4v) is 2.32. The molecule has 0 spiro atoms. The summed E-state index contributed by atoms with van der Waals surface area (Å²) in [5.74, 6) is -0.278. The molecule has 0 aliphatic rings. The number of halogens is 1. The Hall–Kier alpha value is -1.69. The van der Waals surface area contributed by atoms with Crippen LogP contribution in [0.5, 0.6) is 0 Å². The van der Waals surface area contributed by atoms with E-state index in [-0.39, 0.29) is 24.7 Å². The number of benzene rings is 1. The average molecular weight is 339 g/mol. The summed E-state index contributed by atoms with van der Waals surface area (Å²) in [6.45, 7) is 2.14. The Bertz CT molecular complexity index is 682. The van der Waals surface area contributed by atoms with E-state index < -0.39 is 0 Å². The summed E-state index contributed by atoms with van der Waals surface area (Å²) in [6, 6.07) is 7.36. The molecule has 2 rings (SSSR count). The molecule has 106 valence electrons. The smallest absolute Gasteiger partial charge is 0.305 e. The zero-order chi connectivity index (χ0) is 14.5. The van der Waals surface area contributed by atoms with Gasteiger partial charge in [0, 0.05) is 17.1 Å². The Morgan fingerprint density at radius 1 is 1.35 bits per heavy atom. The highest BCUT2D eigenvalue weighted by Gasteiger charge is 2.09. The maximum Gasteiger partial charge on any atom is 0.305 e. The molecular formula is C14H15BrN2O3. The molecule has 1 heterocycles. The third-order valence-corrected chi connectivity index (χ3v) is 3.46. The molecule has 1 aromatic heterocycles. The molecule has 0 saturated carbocycles. The molecule has 2 aromatic rings. The molecular weight excluding hydrogens is 324 g/mol. The van der Waals surface area contributed by atoms with Crippen LogP contribution in [0, 0.1) is 0 Å². The van der Waals surface area contributed by atoms with E-state index in [4.69, 9.17) is 4.74 Å². The number of rotatable bonds is 5. The van der Waals surface area contributed by atoms with Gasteiger partial charge >= 0.3 is 5.97 Å². The largest absolute Gasteiger partial charge is 0.464 e. The number of aromatic nitrogens is 2. The molecule has 0 saturated heterocycles. The van der Waals surface area contributed by atoms with Crippen molar-refractivity contribution in [3.8, 4) is 0 Å². The van der Waals surface area contributed by atoms with E-state index in [0.29, 0.717) is 17.1 Å². The van der Waals surface area contributed by atoms with Gasteiger partial charge in [-0.05, 0) is 6.07 Å². The quantitative estimate of drug-likeness (QED) is 0.619. The van der Waals surface area contributed by atoms with Crippen LogP contribution in [0.3, 0.4) is 0 Å². The number of alkyl halides is 1. The molecule has 0 atom stereocenters. The van der Waals surface area contributed by atoms with Gasteiger partial charge in [0.1, 0.15) is 6.61 Å². The Morgan fingerprint density at radius 2 is 2.05 bits per heavy atom. The predicted molar refractivity (Wildman–Crippen MR) is 79.9 cm³/mol. The zero-order valence-corrected chi connectivity index (χ0v) is 12.7. The minimum Gasteiger partial charge on any atom is -0.464 e. The predicted octanol–water partition coefficient (Wildman–Crippen LogP) is 2.24. The van der Waals surface area contributed by atoms with Crippen molar-refractivity contribution < 1.29 is 9.53 Å². The van der Waals surface area contributed by atoms with Crippen LogP contribution in [0.25, 0.3) is 10.8 Å². The molecule has 6 heteroatoms. The molecule has 0 aliphatic heterocycles. The number of esters is 1. The topological polar surface area (TPSA) is 61.2 Å². The highest BCUT2D eigenvalue weighted by atomic mass is 79.9. The lowest BCUT2D eigenvalue weighted by atomic mass is 10.1. The maximum atomic E-state index is 12.3. The van der Waals surface area contributed by atoms with Crippen molar-refractivity contribution in [3.63, 3.8) is 0 Å². The standard InChI is InChI=1S/C14H15BrN2O3/c1-2-13(18)20-8-7-17-14(19)11-6-4-3-5-10(11)12(9-15)16-17/h3-6H,2,7-9H2,1H3. The molecule has 1 aromatic carbocycles. The van der Waals surface area contributed by atoms with Crippen molar-refractivity contribution in [2.45, 2.75) is 25.2 Å². The molecule has 0 fully saturated rings. The van der Waals surface area contributed by atoms with Gasteiger partial charge < -0.3 is 4.74 Å². The van der Waals surface area contributed by atoms with Crippen molar-refractivity contribution in [1.29, 1.82) is 0 Å². The molecule has 0 aliphatic carbocycles. The third kappa shape index (κ3) is 3.07. The Kier molecular flexibility index (Phi) is 4.89. The van der Waals surface area contributed by atoms with Crippen molar-refractivity contribution in [2.75, 3.05) is 6.61 Å². The third-order valence-electron chi connectivity index (χ3n) is 2.93. The van der Waals surface area contributed by atoms with E-state index in [9.17, 15) is 9.59 Å². The van der Waals surface area contributed by atoms with Gasteiger partial charge in [0.05, 0.1) is 17.6 Å². The molecule has 0 unspecified atom stereocenters. The number of carbonyl (C=O) groups is 1. The summed E-state index contributed by atoms with van der Waals surface area (Å²) in [4.78, 5) is 23.4. The number of ether oxygens (including phenoxy) is 1. The number of fused-ring (bicyclic) bond motifs is 1. The SMILES string of the molecule is CCC(=O)OCCn1nc(CBr)c2ccccc2c1=O. The minimum absolute atomic E-state index is 0.152. The van der Waals surface area contributed by atoms with Crippen molar-refractivity contribution in [1.82, 2.24) is 9.78 Å². The van der Waals surface area contributed by atoms with Crippen LogP contribution >= 0.6 is 15.9 Å². The maximum absolute atomic E-state index is 12.3. The second-order valence-electron chi connectivity index (χ2n) is 4.23. The lowest BCUT2D eigenvalue weighted by Crippen LogP contribution is -2.27. The van der Waals surface area contributed by atoms with Gasteiger partial charge in [0.25, 0.3) is 5.56 Å². The molecule has 0 amide bonds. The van der Waals surface area contributed by atoms with Gasteiger partial charge in [-0.15, -0.1) is 0 Å². The molecule has 5 nitrogen and oxygen atoms in total. The van der Waals surface area contributed by atoms with Crippen LogP contribution in [0.1, 0.15) is 19.0 Å². The van der Waals surface area contributed by atoms with E-state index in [2.05, 4.69) is 21.0 Å². The van der Waals surface area contributed by atoms with Crippen molar-refractivity contribution >= 4 is 32.7 Å². The minimum atomic E-state index is -0.278. The summed E-state index contributed by atoms with van der Waals surface area (Å²) in [5, 5.41) is 6.33. The summed E-state index contributed by atoms with van der Waals surface area (Å²) in [6.07, 6.45) is 0.326. The van der Waals surface area contributed by atoms with Crippen LogP contribution in [0.2, 0.25) is 0 Å². The number of hydrogen-bond acceptors (Lipinski definition) is 4. The first-order chi connectivity index (χ1) is 9.67. The molecule has 0 radical (unpaired) electrons. The summed E-state index contributed by atoms with van der Waals surface area (Å²) < 4.78 is 6.33. The van der Waals surface area contributed by atoms with E-state index in [1.807, 2.05) is 18.2 Å². The first-order valence-electron chi connectivity index (χ1n) is 6.37. The van der Waals surface area contributed by atoms with Gasteiger partial charge in [0.15, 0.2) is 0 Å². The summed E-state index contributed by atoms with van der Waals surface area (Å²) in [5.41, 5.74) is 0.625. The lowest BCUT2D eigenvalue weighted by molar-refractivity contribution is -0.143. The Balaban J connectivity index is 2.32. The Morgan fingerprint density at radius 3 is 2.70 bits per heavy atom. The fourth-order valence-electron chi connectivity index (χ4n) is 1.90. The first-order valence-corrected chi connectivity index (χ1v) is 7.49. The van der Waals surface area contributed by atoms with Gasteiger partial charge in [-0.3, -0.25) is 9.59 Å². The molecule has 0 N–H and O–H groups in total. The van der Waals surface area contributed by atoms with Crippen LogP contribution in [-0.2, 0) is 21.4 Å². The summed E-state index contributed by atoms with van der Waals surface area (Å²) >= 11 is 3.38. The normalized spacial score (nSPS) is 10.7. The second-order valence-corrected chi connectivity index (χ2v) is 4.79. The number of carbonyl (C=O) groups excluding carboxylic acids is 1. The highest BCUT2D eigenvalue weighted by Crippen LogP contribution is 2.15.